The van der Waals surface area contributed by atoms with Crippen molar-refractivity contribution >= 4 is 6.03 Å². The Morgan fingerprint density at radius 2 is 1.90 bits per heavy atom. The number of ether oxygens (including phenoxy) is 2. The normalized spacial score (nSPS) is 13.7. The highest BCUT2D eigenvalue weighted by Crippen LogP contribution is 2.29. The highest BCUT2D eigenvalue weighted by molar-refractivity contribution is 5.75. The van der Waals surface area contributed by atoms with Crippen LogP contribution < -0.4 is 14.8 Å². The van der Waals surface area contributed by atoms with Crippen LogP contribution >= 0.6 is 0 Å². The maximum atomic E-state index is 12.4. The lowest BCUT2D eigenvalue weighted by Crippen LogP contribution is -2.52. The molecule has 0 saturated carbocycles. The molecule has 0 radical (unpaired) electrons. The van der Waals surface area contributed by atoms with Crippen LogP contribution in [0.25, 0.3) is 11.4 Å². The molecular weight excluding hydrogens is 372 g/mol. The highest BCUT2D eigenvalue weighted by atomic mass is 16.5. The molecular formula is C21H22N4O4. The van der Waals surface area contributed by atoms with E-state index in [1.807, 2.05) is 48.5 Å². The van der Waals surface area contributed by atoms with Gasteiger partial charge in [-0.05, 0) is 17.7 Å². The number of hydrogen-bond acceptors (Lipinski definition) is 6. The summed E-state index contributed by atoms with van der Waals surface area (Å²) < 4.78 is 15.9. The predicted molar refractivity (Wildman–Crippen MR) is 106 cm³/mol. The second-order valence-electron chi connectivity index (χ2n) is 6.77. The van der Waals surface area contributed by atoms with E-state index in [4.69, 9.17) is 14.0 Å². The van der Waals surface area contributed by atoms with Crippen LogP contribution in [0.15, 0.2) is 53.1 Å². The summed E-state index contributed by atoms with van der Waals surface area (Å²) in [4.78, 5) is 18.6. The molecule has 8 heteroatoms. The van der Waals surface area contributed by atoms with Gasteiger partial charge in [-0.1, -0.05) is 41.6 Å². The van der Waals surface area contributed by atoms with E-state index in [0.29, 0.717) is 42.8 Å². The molecule has 1 aliphatic rings. The minimum atomic E-state index is -0.126. The molecule has 0 unspecified atom stereocenters. The summed E-state index contributed by atoms with van der Waals surface area (Å²) in [6, 6.07) is 15.1. The summed E-state index contributed by atoms with van der Waals surface area (Å²) in [6.45, 7) is 1.50. The number of methoxy groups -OCH3 is 2. The number of carbonyl (C=O) groups is 1. The predicted octanol–water partition coefficient (Wildman–Crippen LogP) is 3.06. The summed E-state index contributed by atoms with van der Waals surface area (Å²) in [6.07, 6.45) is 0. The molecule has 1 aliphatic heterocycles. The van der Waals surface area contributed by atoms with E-state index in [-0.39, 0.29) is 11.9 Å². The molecule has 3 aromatic rings. The largest absolute Gasteiger partial charge is 0.493 e. The zero-order valence-corrected chi connectivity index (χ0v) is 16.3. The van der Waals surface area contributed by atoms with Crippen LogP contribution in [0.3, 0.4) is 0 Å². The first-order chi connectivity index (χ1) is 14.2. The van der Waals surface area contributed by atoms with Gasteiger partial charge in [-0.2, -0.15) is 4.98 Å². The van der Waals surface area contributed by atoms with Gasteiger partial charge in [0.1, 0.15) is 0 Å². The van der Waals surface area contributed by atoms with Crippen LogP contribution in [0.5, 0.6) is 11.5 Å². The fraction of sp³-hybridized carbons (Fsp3) is 0.286. The van der Waals surface area contributed by atoms with Gasteiger partial charge in [0.2, 0.25) is 11.7 Å². The molecule has 1 fully saturated rings. The Balaban J connectivity index is 1.29. The van der Waals surface area contributed by atoms with Crippen molar-refractivity contribution in [2.75, 3.05) is 27.3 Å². The molecule has 1 aromatic heterocycles. The van der Waals surface area contributed by atoms with Gasteiger partial charge in [0.15, 0.2) is 11.5 Å². The van der Waals surface area contributed by atoms with E-state index in [9.17, 15) is 4.79 Å². The third-order valence-corrected chi connectivity index (χ3v) is 4.88. The van der Waals surface area contributed by atoms with Gasteiger partial charge in [-0.3, -0.25) is 0 Å². The monoisotopic (exact) mass is 394 g/mol. The summed E-state index contributed by atoms with van der Waals surface area (Å²) in [5.41, 5.74) is 1.84. The fourth-order valence-corrected chi connectivity index (χ4v) is 3.19. The van der Waals surface area contributed by atoms with Crippen molar-refractivity contribution < 1.29 is 18.8 Å². The topological polar surface area (TPSA) is 89.7 Å². The molecule has 1 saturated heterocycles. The van der Waals surface area contributed by atoms with Crippen LogP contribution in [0.2, 0.25) is 0 Å². The number of rotatable bonds is 6. The van der Waals surface area contributed by atoms with Crippen LogP contribution in [0.1, 0.15) is 17.4 Å². The third kappa shape index (κ3) is 4.01. The molecule has 8 nitrogen and oxygen atoms in total. The Morgan fingerprint density at radius 3 is 2.62 bits per heavy atom. The van der Waals surface area contributed by atoms with Gasteiger partial charge in [0.25, 0.3) is 0 Å². The first-order valence-electron chi connectivity index (χ1n) is 9.30. The number of urea groups is 1. The van der Waals surface area contributed by atoms with Gasteiger partial charge in [0.05, 0.1) is 20.1 Å². The number of nitrogens with zero attached hydrogens (tertiary/aromatic N) is 3. The van der Waals surface area contributed by atoms with E-state index >= 15 is 0 Å². The van der Waals surface area contributed by atoms with E-state index in [0.717, 1.165) is 11.1 Å². The molecule has 2 aromatic carbocycles. The van der Waals surface area contributed by atoms with E-state index < -0.39 is 0 Å². The molecule has 29 heavy (non-hydrogen) atoms. The average Bonchev–Trinajstić information content (AvgIpc) is 3.21. The van der Waals surface area contributed by atoms with E-state index in [2.05, 4.69) is 15.5 Å². The smallest absolute Gasteiger partial charge is 0.317 e. The summed E-state index contributed by atoms with van der Waals surface area (Å²) in [5.74, 6) is 2.48. The number of amides is 2. The van der Waals surface area contributed by atoms with E-state index in [1.54, 1.807) is 19.1 Å². The molecule has 0 spiro atoms. The van der Waals surface area contributed by atoms with Crippen molar-refractivity contribution in [1.82, 2.24) is 20.4 Å². The van der Waals surface area contributed by atoms with E-state index in [1.165, 1.54) is 0 Å². The lowest BCUT2D eigenvalue weighted by atomic mass is 10.0. The van der Waals surface area contributed by atoms with Crippen LogP contribution in [0, 0.1) is 0 Å². The second kappa shape index (κ2) is 8.22. The first kappa shape index (κ1) is 18.8. The Kier molecular flexibility index (Phi) is 5.33. The number of carbonyl (C=O) groups excluding carboxylic acids is 1. The number of benzene rings is 2. The van der Waals surface area contributed by atoms with Crippen molar-refractivity contribution in [2.45, 2.75) is 12.5 Å². The molecule has 2 amide bonds. The Morgan fingerprint density at radius 1 is 1.14 bits per heavy atom. The standard InChI is InChI=1S/C21H22N4O4/c1-27-17-9-8-14(10-18(17)28-2)11-22-21(26)25-12-16(13-25)20-23-19(24-29-20)15-6-4-3-5-7-15/h3-10,16H,11-13H2,1-2H3,(H,22,26). The fourth-order valence-electron chi connectivity index (χ4n) is 3.19. The minimum Gasteiger partial charge on any atom is -0.493 e. The van der Waals surface area contributed by atoms with Crippen molar-refractivity contribution in [2.24, 2.45) is 0 Å². The SMILES string of the molecule is COc1ccc(CNC(=O)N2CC(c3nc(-c4ccccc4)no3)C2)cc1OC. The molecule has 4 rings (SSSR count). The molecule has 2 heterocycles. The molecule has 150 valence electrons. The quantitative estimate of drug-likeness (QED) is 0.691. The van der Waals surface area contributed by atoms with Gasteiger partial charge < -0.3 is 24.2 Å². The summed E-state index contributed by atoms with van der Waals surface area (Å²) >= 11 is 0. The average molecular weight is 394 g/mol. The second-order valence-corrected chi connectivity index (χ2v) is 6.77. The lowest BCUT2D eigenvalue weighted by molar-refractivity contribution is 0.136. The molecule has 0 aliphatic carbocycles. The maximum Gasteiger partial charge on any atom is 0.317 e. The minimum absolute atomic E-state index is 0.0618. The van der Waals surface area contributed by atoms with Gasteiger partial charge >= 0.3 is 6.03 Å². The van der Waals surface area contributed by atoms with Crippen LogP contribution in [0.4, 0.5) is 4.79 Å². The number of nitrogens with one attached hydrogen (secondary N) is 1. The summed E-state index contributed by atoms with van der Waals surface area (Å²) in [7, 11) is 3.17. The summed E-state index contributed by atoms with van der Waals surface area (Å²) in [5, 5.41) is 6.96. The Hall–Kier alpha value is -3.55. The zero-order valence-electron chi connectivity index (χ0n) is 16.3. The van der Waals surface area contributed by atoms with Crippen molar-refractivity contribution in [3.63, 3.8) is 0 Å². The van der Waals surface area contributed by atoms with Crippen LogP contribution in [-0.4, -0.2) is 48.4 Å². The van der Waals surface area contributed by atoms with Crippen LogP contribution in [-0.2, 0) is 6.54 Å². The zero-order chi connectivity index (χ0) is 20.2. The van der Waals surface area contributed by atoms with Crippen molar-refractivity contribution in [3.05, 3.63) is 60.0 Å². The third-order valence-electron chi connectivity index (χ3n) is 4.88. The van der Waals surface area contributed by atoms with Crippen molar-refractivity contribution in [1.29, 1.82) is 0 Å². The lowest BCUT2D eigenvalue weighted by Gasteiger charge is -2.36. The Labute approximate surface area is 168 Å². The molecule has 0 bridgehead atoms. The van der Waals surface area contributed by atoms with Gasteiger partial charge in [-0.15, -0.1) is 0 Å². The molecule has 0 atom stereocenters. The van der Waals surface area contributed by atoms with Gasteiger partial charge in [-0.25, -0.2) is 4.79 Å². The number of hydrogen-bond donors (Lipinski definition) is 1. The maximum absolute atomic E-state index is 12.4. The molecule has 1 N–H and O–H groups in total. The van der Waals surface area contributed by atoms with Gasteiger partial charge in [0, 0.05) is 25.2 Å². The highest BCUT2D eigenvalue weighted by Gasteiger charge is 2.35. The Bertz CT molecular complexity index is 983. The van der Waals surface area contributed by atoms with Crippen molar-refractivity contribution in [3.8, 4) is 22.9 Å². The first-order valence-corrected chi connectivity index (χ1v) is 9.30. The number of aromatic nitrogens is 2. The number of likely N-dealkylation sites (tertiary alicyclic amines) is 1.